The first kappa shape index (κ1) is 27.3. The van der Waals surface area contributed by atoms with Crippen LogP contribution in [0.3, 0.4) is 0 Å². The molecule has 204 valence electrons. The standard InChI is InChI=1S/C30H30F3N3O2S/c31-30(32,33)24-13-7-8-21(18-24)19-34-27(37)25-20-39-29(35-25)14-16-36(17-15-29)28(38)26(22-9-3-1-4-10-22)23-11-5-2-6-12-23/h1-13,18,25-26,35H,14-17,19-20H2,(H,34,37). The molecule has 1 unspecified atom stereocenters. The van der Waals surface area contributed by atoms with Crippen LogP contribution < -0.4 is 10.6 Å². The molecule has 2 aliphatic rings. The number of hydrogen-bond donors (Lipinski definition) is 2. The van der Waals surface area contributed by atoms with Crippen molar-refractivity contribution in [3.63, 3.8) is 0 Å². The monoisotopic (exact) mass is 553 g/mol. The lowest BCUT2D eigenvalue weighted by Gasteiger charge is -2.40. The second-order valence-corrected chi connectivity index (χ2v) is 11.4. The smallest absolute Gasteiger partial charge is 0.351 e. The van der Waals surface area contributed by atoms with Gasteiger partial charge in [0.15, 0.2) is 0 Å². The highest BCUT2D eigenvalue weighted by Crippen LogP contribution is 2.40. The quantitative estimate of drug-likeness (QED) is 0.442. The third kappa shape index (κ3) is 6.31. The normalized spacial score (nSPS) is 18.9. The molecule has 0 bridgehead atoms. The van der Waals surface area contributed by atoms with Crippen LogP contribution in [0, 0.1) is 0 Å². The largest absolute Gasteiger partial charge is 0.416 e. The van der Waals surface area contributed by atoms with Gasteiger partial charge < -0.3 is 10.2 Å². The predicted octanol–water partition coefficient (Wildman–Crippen LogP) is 5.18. The van der Waals surface area contributed by atoms with Crippen LogP contribution in [0.5, 0.6) is 0 Å². The Morgan fingerprint density at radius 3 is 2.15 bits per heavy atom. The van der Waals surface area contributed by atoms with Gasteiger partial charge in [0.1, 0.15) is 0 Å². The van der Waals surface area contributed by atoms with Crippen LogP contribution in [-0.4, -0.2) is 46.5 Å². The van der Waals surface area contributed by atoms with E-state index in [1.165, 1.54) is 6.07 Å². The Hall–Kier alpha value is -3.30. The zero-order valence-corrected chi connectivity index (χ0v) is 22.1. The molecule has 5 rings (SSSR count). The van der Waals surface area contributed by atoms with E-state index >= 15 is 0 Å². The summed E-state index contributed by atoms with van der Waals surface area (Å²) in [5.41, 5.74) is 1.59. The number of piperidine rings is 1. The number of thioether (sulfide) groups is 1. The Balaban J connectivity index is 1.18. The number of rotatable bonds is 6. The summed E-state index contributed by atoms with van der Waals surface area (Å²) in [6, 6.07) is 24.1. The summed E-state index contributed by atoms with van der Waals surface area (Å²) in [4.78, 5) is 28.2. The van der Waals surface area contributed by atoms with Crippen molar-refractivity contribution in [1.82, 2.24) is 15.5 Å². The number of amides is 2. The number of nitrogens with one attached hydrogen (secondary N) is 2. The molecule has 3 aromatic rings. The fourth-order valence-corrected chi connectivity index (χ4v) is 6.70. The maximum atomic E-state index is 13.7. The summed E-state index contributed by atoms with van der Waals surface area (Å²) < 4.78 is 39.0. The molecule has 2 aliphatic heterocycles. The molecular formula is C30H30F3N3O2S. The van der Waals surface area contributed by atoms with E-state index in [0.29, 0.717) is 37.2 Å². The maximum Gasteiger partial charge on any atom is 0.416 e. The van der Waals surface area contributed by atoms with E-state index in [-0.39, 0.29) is 29.1 Å². The fourth-order valence-electron chi connectivity index (χ4n) is 5.28. The van der Waals surface area contributed by atoms with Gasteiger partial charge in [-0.25, -0.2) is 0 Å². The van der Waals surface area contributed by atoms with Gasteiger partial charge in [0.2, 0.25) is 11.8 Å². The van der Waals surface area contributed by atoms with Crippen LogP contribution >= 0.6 is 11.8 Å². The van der Waals surface area contributed by atoms with E-state index in [0.717, 1.165) is 23.3 Å². The molecule has 9 heteroatoms. The van der Waals surface area contributed by atoms with Crippen LogP contribution in [0.1, 0.15) is 41.0 Å². The topological polar surface area (TPSA) is 61.4 Å². The second kappa shape index (κ2) is 11.4. The van der Waals surface area contributed by atoms with E-state index in [9.17, 15) is 22.8 Å². The number of alkyl halides is 3. The fraction of sp³-hybridized carbons (Fsp3) is 0.333. The van der Waals surface area contributed by atoms with Crippen LogP contribution in [0.4, 0.5) is 13.2 Å². The molecule has 2 saturated heterocycles. The Kier molecular flexibility index (Phi) is 8.00. The third-order valence-electron chi connectivity index (χ3n) is 7.40. The van der Waals surface area contributed by atoms with E-state index in [4.69, 9.17) is 0 Å². The molecule has 5 nitrogen and oxygen atoms in total. The van der Waals surface area contributed by atoms with E-state index in [1.54, 1.807) is 17.8 Å². The number of nitrogens with zero attached hydrogens (tertiary/aromatic N) is 1. The van der Waals surface area contributed by atoms with Crippen molar-refractivity contribution in [2.45, 2.75) is 42.4 Å². The number of halogens is 3. The Labute approximate surface area is 230 Å². The van der Waals surface area contributed by atoms with Gasteiger partial charge in [-0.1, -0.05) is 72.8 Å². The van der Waals surface area contributed by atoms with E-state index < -0.39 is 17.8 Å². The lowest BCUT2D eigenvalue weighted by atomic mass is 9.89. The van der Waals surface area contributed by atoms with Crippen molar-refractivity contribution in [2.24, 2.45) is 0 Å². The lowest BCUT2D eigenvalue weighted by Crippen LogP contribution is -2.54. The summed E-state index contributed by atoms with van der Waals surface area (Å²) in [5.74, 6) is 0.0307. The first-order valence-electron chi connectivity index (χ1n) is 13.0. The third-order valence-corrected chi connectivity index (χ3v) is 8.98. The van der Waals surface area contributed by atoms with E-state index in [2.05, 4.69) is 10.6 Å². The molecule has 39 heavy (non-hydrogen) atoms. The first-order valence-corrected chi connectivity index (χ1v) is 14.0. The SMILES string of the molecule is O=C(NCc1cccc(C(F)(F)F)c1)C1CSC2(CCN(C(=O)C(c3ccccc3)c3ccccc3)CC2)N1. The van der Waals surface area contributed by atoms with Crippen LogP contribution in [-0.2, 0) is 22.3 Å². The second-order valence-electron chi connectivity index (χ2n) is 10.00. The number of benzene rings is 3. The maximum absolute atomic E-state index is 13.7. The molecule has 1 spiro atoms. The van der Waals surface area contributed by atoms with Crippen molar-refractivity contribution in [3.05, 3.63) is 107 Å². The number of likely N-dealkylation sites (tertiary alicyclic amines) is 1. The molecule has 2 heterocycles. The van der Waals surface area contributed by atoms with Gasteiger partial charge >= 0.3 is 6.18 Å². The molecule has 3 aromatic carbocycles. The molecule has 1 atom stereocenters. The molecular weight excluding hydrogens is 523 g/mol. The van der Waals surface area contributed by atoms with Gasteiger partial charge in [-0.15, -0.1) is 11.8 Å². The minimum Gasteiger partial charge on any atom is -0.351 e. The number of carbonyl (C=O) groups excluding carboxylic acids is 2. The number of hydrogen-bond acceptors (Lipinski definition) is 4. The first-order chi connectivity index (χ1) is 18.7. The minimum atomic E-state index is -4.42. The highest BCUT2D eigenvalue weighted by Gasteiger charge is 2.45. The minimum absolute atomic E-state index is 0.0290. The molecule has 0 aliphatic carbocycles. The van der Waals surface area contributed by atoms with Crippen molar-refractivity contribution in [2.75, 3.05) is 18.8 Å². The van der Waals surface area contributed by atoms with Gasteiger partial charge in [-0.05, 0) is 41.7 Å². The van der Waals surface area contributed by atoms with Crippen LogP contribution in [0.2, 0.25) is 0 Å². The summed E-state index contributed by atoms with van der Waals surface area (Å²) >= 11 is 1.69. The number of carbonyl (C=O) groups is 2. The molecule has 0 saturated carbocycles. The lowest BCUT2D eigenvalue weighted by molar-refractivity contribution is -0.137. The summed E-state index contributed by atoms with van der Waals surface area (Å²) in [5, 5.41) is 6.24. The van der Waals surface area contributed by atoms with Crippen molar-refractivity contribution < 1.29 is 22.8 Å². The van der Waals surface area contributed by atoms with Gasteiger partial charge in [0, 0.05) is 25.4 Å². The van der Waals surface area contributed by atoms with Gasteiger partial charge in [0.25, 0.3) is 0 Å². The van der Waals surface area contributed by atoms with Crippen LogP contribution in [0.15, 0.2) is 84.9 Å². The zero-order chi connectivity index (χ0) is 27.5. The van der Waals surface area contributed by atoms with Crippen LogP contribution in [0.25, 0.3) is 0 Å². The molecule has 2 amide bonds. The summed E-state index contributed by atoms with van der Waals surface area (Å²) in [6.07, 6.45) is -3.01. The van der Waals surface area contributed by atoms with Gasteiger partial charge in [-0.2, -0.15) is 13.2 Å². The molecule has 2 fully saturated rings. The summed E-state index contributed by atoms with van der Waals surface area (Å²) in [7, 11) is 0. The molecule has 0 radical (unpaired) electrons. The predicted molar refractivity (Wildman–Crippen MR) is 146 cm³/mol. The zero-order valence-electron chi connectivity index (χ0n) is 21.3. The average Bonchev–Trinajstić information content (AvgIpc) is 3.36. The Bertz CT molecular complexity index is 1260. The van der Waals surface area contributed by atoms with Crippen molar-refractivity contribution in [3.8, 4) is 0 Å². The van der Waals surface area contributed by atoms with Gasteiger partial charge in [0.05, 0.1) is 22.4 Å². The Morgan fingerprint density at radius 1 is 0.949 bits per heavy atom. The van der Waals surface area contributed by atoms with Gasteiger partial charge in [-0.3, -0.25) is 14.9 Å². The Morgan fingerprint density at radius 2 is 1.56 bits per heavy atom. The highest BCUT2D eigenvalue weighted by molar-refractivity contribution is 8.01. The van der Waals surface area contributed by atoms with Crippen molar-refractivity contribution in [1.29, 1.82) is 0 Å². The average molecular weight is 554 g/mol. The summed E-state index contributed by atoms with van der Waals surface area (Å²) in [6.45, 7) is 1.18. The molecule has 0 aromatic heterocycles. The molecule has 2 N–H and O–H groups in total. The van der Waals surface area contributed by atoms with E-state index in [1.807, 2.05) is 65.6 Å². The van der Waals surface area contributed by atoms with Crippen molar-refractivity contribution >= 4 is 23.6 Å². The highest BCUT2D eigenvalue weighted by atomic mass is 32.2.